The molecule has 3 amide bonds. The Kier molecular flexibility index (Phi) is 2.76. The van der Waals surface area contributed by atoms with Crippen molar-refractivity contribution in [3.05, 3.63) is 29.8 Å². The van der Waals surface area contributed by atoms with Gasteiger partial charge in [0.15, 0.2) is 0 Å². The Bertz CT molecular complexity index is 431. The summed E-state index contributed by atoms with van der Waals surface area (Å²) in [6.45, 7) is 0.650. The molecular weight excluding hydrogens is 206 g/mol. The molecule has 1 aromatic carbocycles. The highest BCUT2D eigenvalue weighted by Crippen LogP contribution is 2.12. The van der Waals surface area contributed by atoms with Gasteiger partial charge in [-0.1, -0.05) is 18.2 Å². The van der Waals surface area contributed by atoms with Gasteiger partial charge >= 0.3 is 6.03 Å². The molecule has 5 heteroatoms. The number of nitrogen functional groups attached to an aromatic ring is 1. The maximum absolute atomic E-state index is 11.3. The number of carbonyl (C=O) groups excluding carboxylic acids is 2. The topological polar surface area (TPSA) is 75.4 Å². The number of carbonyl (C=O) groups is 2. The van der Waals surface area contributed by atoms with Crippen LogP contribution in [0.4, 0.5) is 10.5 Å². The van der Waals surface area contributed by atoms with E-state index in [1.54, 1.807) is 0 Å². The molecule has 84 valence electrons. The predicted octanol–water partition coefficient (Wildman–Crippen LogP) is 0.363. The monoisotopic (exact) mass is 219 g/mol. The summed E-state index contributed by atoms with van der Waals surface area (Å²) in [4.78, 5) is 23.7. The number of benzene rings is 1. The van der Waals surface area contributed by atoms with E-state index in [1.165, 1.54) is 4.90 Å². The lowest BCUT2D eigenvalue weighted by atomic mass is 10.1. The van der Waals surface area contributed by atoms with Crippen molar-refractivity contribution in [1.29, 1.82) is 0 Å². The second-order valence-electron chi connectivity index (χ2n) is 3.72. The highest BCUT2D eigenvalue weighted by molar-refractivity contribution is 6.01. The van der Waals surface area contributed by atoms with Crippen molar-refractivity contribution in [2.75, 3.05) is 18.8 Å². The van der Waals surface area contributed by atoms with E-state index in [0.717, 1.165) is 5.56 Å². The van der Waals surface area contributed by atoms with Crippen molar-refractivity contribution in [2.45, 2.75) is 6.42 Å². The van der Waals surface area contributed by atoms with Crippen molar-refractivity contribution in [1.82, 2.24) is 10.2 Å². The summed E-state index contributed by atoms with van der Waals surface area (Å²) < 4.78 is 0. The molecule has 2 rings (SSSR count). The van der Waals surface area contributed by atoms with Crippen molar-refractivity contribution in [2.24, 2.45) is 0 Å². The zero-order chi connectivity index (χ0) is 11.5. The molecule has 1 saturated heterocycles. The van der Waals surface area contributed by atoms with E-state index in [2.05, 4.69) is 5.32 Å². The van der Waals surface area contributed by atoms with E-state index in [9.17, 15) is 9.59 Å². The Balaban J connectivity index is 1.95. The maximum Gasteiger partial charge on any atom is 0.324 e. The summed E-state index contributed by atoms with van der Waals surface area (Å²) in [5.41, 5.74) is 7.49. The van der Waals surface area contributed by atoms with Gasteiger partial charge in [0.2, 0.25) is 5.91 Å². The average Bonchev–Trinajstić information content (AvgIpc) is 2.56. The Morgan fingerprint density at radius 3 is 2.69 bits per heavy atom. The van der Waals surface area contributed by atoms with Crippen LogP contribution in [-0.2, 0) is 11.2 Å². The number of nitrogens with zero attached hydrogens (tertiary/aromatic N) is 1. The first-order valence-electron chi connectivity index (χ1n) is 5.09. The van der Waals surface area contributed by atoms with E-state index in [4.69, 9.17) is 5.73 Å². The van der Waals surface area contributed by atoms with Crippen LogP contribution in [0.3, 0.4) is 0 Å². The number of hydrogen-bond donors (Lipinski definition) is 2. The van der Waals surface area contributed by atoms with Gasteiger partial charge < -0.3 is 10.6 Å². The smallest absolute Gasteiger partial charge is 0.324 e. The standard InChI is InChI=1S/C11H13N3O2/c12-9-4-2-1-3-8(9)5-6-14-7-10(15)13-11(14)16/h1-4H,5-7,12H2,(H,13,15,16). The van der Waals surface area contributed by atoms with Gasteiger partial charge in [-0.15, -0.1) is 0 Å². The van der Waals surface area contributed by atoms with Gasteiger partial charge in [-0.2, -0.15) is 0 Å². The summed E-state index contributed by atoms with van der Waals surface area (Å²) in [6, 6.07) is 7.20. The largest absolute Gasteiger partial charge is 0.399 e. The minimum Gasteiger partial charge on any atom is -0.399 e. The predicted molar refractivity (Wildman–Crippen MR) is 59.7 cm³/mol. The van der Waals surface area contributed by atoms with Gasteiger partial charge in [0.05, 0.1) is 0 Å². The lowest BCUT2D eigenvalue weighted by Crippen LogP contribution is -2.30. The second kappa shape index (κ2) is 4.22. The minimum atomic E-state index is -0.320. The molecule has 1 aromatic rings. The quantitative estimate of drug-likeness (QED) is 0.569. The number of para-hydroxylation sites is 1. The molecule has 5 nitrogen and oxygen atoms in total. The molecule has 1 aliphatic rings. The average molecular weight is 219 g/mol. The maximum atomic E-state index is 11.3. The van der Waals surface area contributed by atoms with Gasteiger partial charge in [0, 0.05) is 12.2 Å². The van der Waals surface area contributed by atoms with Crippen molar-refractivity contribution >= 4 is 17.6 Å². The number of nitrogens with two attached hydrogens (primary N) is 1. The van der Waals surface area contributed by atoms with Gasteiger partial charge in [0.1, 0.15) is 6.54 Å². The lowest BCUT2D eigenvalue weighted by Gasteiger charge is -2.13. The Morgan fingerprint density at radius 1 is 1.31 bits per heavy atom. The first-order chi connectivity index (χ1) is 7.66. The molecule has 0 atom stereocenters. The highest BCUT2D eigenvalue weighted by Gasteiger charge is 2.25. The summed E-state index contributed by atoms with van der Waals surface area (Å²) >= 11 is 0. The van der Waals surface area contributed by atoms with E-state index in [1.807, 2.05) is 24.3 Å². The molecule has 0 aliphatic carbocycles. The van der Waals surface area contributed by atoms with Crippen LogP contribution < -0.4 is 11.1 Å². The molecule has 0 unspecified atom stereocenters. The zero-order valence-corrected chi connectivity index (χ0v) is 8.77. The number of urea groups is 1. The fraction of sp³-hybridized carbons (Fsp3) is 0.273. The molecule has 0 spiro atoms. The van der Waals surface area contributed by atoms with Crippen LogP contribution in [0.15, 0.2) is 24.3 Å². The molecular formula is C11H13N3O2. The first-order valence-corrected chi connectivity index (χ1v) is 5.09. The molecule has 3 N–H and O–H groups in total. The van der Waals surface area contributed by atoms with Gasteiger partial charge in [-0.05, 0) is 18.1 Å². The third kappa shape index (κ3) is 2.13. The molecule has 1 heterocycles. The first kappa shape index (κ1) is 10.5. The van der Waals surface area contributed by atoms with Crippen LogP contribution in [0.1, 0.15) is 5.56 Å². The number of rotatable bonds is 3. The number of nitrogens with one attached hydrogen (secondary N) is 1. The molecule has 0 aromatic heterocycles. The second-order valence-corrected chi connectivity index (χ2v) is 3.72. The third-order valence-corrected chi connectivity index (χ3v) is 2.57. The molecule has 1 aliphatic heterocycles. The summed E-state index contributed by atoms with van der Waals surface area (Å²) in [5.74, 6) is -0.244. The number of hydrogen-bond acceptors (Lipinski definition) is 3. The summed E-state index contributed by atoms with van der Waals surface area (Å²) in [6.07, 6.45) is 0.660. The third-order valence-electron chi connectivity index (χ3n) is 2.57. The molecule has 0 saturated carbocycles. The van der Waals surface area contributed by atoms with Crippen molar-refractivity contribution in [3.63, 3.8) is 0 Å². The normalized spacial score (nSPS) is 15.4. The van der Waals surface area contributed by atoms with Gasteiger partial charge in [-0.25, -0.2) is 4.79 Å². The van der Waals surface area contributed by atoms with Gasteiger partial charge in [-0.3, -0.25) is 10.1 Å². The molecule has 1 fully saturated rings. The molecule has 0 bridgehead atoms. The van der Waals surface area contributed by atoms with Gasteiger partial charge in [0.25, 0.3) is 0 Å². The fourth-order valence-corrected chi connectivity index (χ4v) is 1.68. The van der Waals surface area contributed by atoms with Crippen LogP contribution in [0.25, 0.3) is 0 Å². The van der Waals surface area contributed by atoms with Crippen LogP contribution in [0.5, 0.6) is 0 Å². The SMILES string of the molecule is Nc1ccccc1CCN1CC(=O)NC1=O. The van der Waals surface area contributed by atoms with Crippen molar-refractivity contribution in [3.8, 4) is 0 Å². The van der Waals surface area contributed by atoms with E-state index in [-0.39, 0.29) is 18.5 Å². The van der Waals surface area contributed by atoms with Crippen LogP contribution >= 0.6 is 0 Å². The molecule has 16 heavy (non-hydrogen) atoms. The lowest BCUT2D eigenvalue weighted by molar-refractivity contribution is -0.118. The highest BCUT2D eigenvalue weighted by atomic mass is 16.2. The number of anilines is 1. The summed E-state index contributed by atoms with van der Waals surface area (Å²) in [5, 5.41) is 2.23. The number of amides is 3. The van der Waals surface area contributed by atoms with Crippen LogP contribution in [0.2, 0.25) is 0 Å². The zero-order valence-electron chi connectivity index (χ0n) is 8.77. The van der Waals surface area contributed by atoms with E-state index < -0.39 is 0 Å². The fourth-order valence-electron chi connectivity index (χ4n) is 1.68. The van der Waals surface area contributed by atoms with E-state index in [0.29, 0.717) is 18.7 Å². The van der Waals surface area contributed by atoms with Crippen LogP contribution in [-0.4, -0.2) is 29.9 Å². The van der Waals surface area contributed by atoms with E-state index >= 15 is 0 Å². The van der Waals surface area contributed by atoms with Crippen molar-refractivity contribution < 1.29 is 9.59 Å². The Labute approximate surface area is 93.2 Å². The number of imide groups is 1. The minimum absolute atomic E-state index is 0.144. The molecule has 0 radical (unpaired) electrons. The van der Waals surface area contributed by atoms with Crippen LogP contribution in [0, 0.1) is 0 Å². The summed E-state index contributed by atoms with van der Waals surface area (Å²) in [7, 11) is 0. The Morgan fingerprint density at radius 2 is 2.06 bits per heavy atom. The Hall–Kier alpha value is -2.04.